The number of amides is 1. The average molecular weight is 253 g/mol. The zero-order chi connectivity index (χ0) is 13.7. The minimum atomic E-state index is -0.955. The molecule has 0 spiro atoms. The third kappa shape index (κ3) is 3.87. The fourth-order valence-electron chi connectivity index (χ4n) is 1.82. The molecular formula is C12H19N3O3. The Morgan fingerprint density at radius 1 is 1.33 bits per heavy atom. The van der Waals surface area contributed by atoms with Crippen molar-refractivity contribution in [1.82, 2.24) is 15.1 Å². The van der Waals surface area contributed by atoms with Gasteiger partial charge in [0.25, 0.3) is 0 Å². The van der Waals surface area contributed by atoms with Crippen molar-refractivity contribution in [2.45, 2.75) is 33.1 Å². The summed E-state index contributed by atoms with van der Waals surface area (Å²) in [7, 11) is 1.89. The highest BCUT2D eigenvalue weighted by Gasteiger charge is 2.10. The van der Waals surface area contributed by atoms with Crippen molar-refractivity contribution in [3.8, 4) is 0 Å². The second-order valence-corrected chi connectivity index (χ2v) is 4.27. The maximum Gasteiger partial charge on any atom is 0.303 e. The van der Waals surface area contributed by atoms with Crippen LogP contribution in [0.1, 0.15) is 29.8 Å². The molecular weight excluding hydrogens is 234 g/mol. The number of carboxylic acid groups (broad SMARTS) is 1. The Bertz CT molecular complexity index is 452. The number of rotatable bonds is 6. The number of carbonyl (C=O) groups is 2. The summed E-state index contributed by atoms with van der Waals surface area (Å²) >= 11 is 0. The van der Waals surface area contributed by atoms with Crippen molar-refractivity contribution in [2.24, 2.45) is 7.05 Å². The quantitative estimate of drug-likeness (QED) is 0.776. The van der Waals surface area contributed by atoms with Crippen molar-refractivity contribution in [2.75, 3.05) is 6.54 Å². The van der Waals surface area contributed by atoms with E-state index in [0.29, 0.717) is 13.0 Å². The van der Waals surface area contributed by atoms with Crippen LogP contribution >= 0.6 is 0 Å². The lowest BCUT2D eigenvalue weighted by molar-refractivity contribution is -0.138. The maximum absolute atomic E-state index is 11.3. The van der Waals surface area contributed by atoms with Gasteiger partial charge >= 0.3 is 5.97 Å². The summed E-state index contributed by atoms with van der Waals surface area (Å²) in [5.74, 6) is -1.18. The molecule has 1 amide bonds. The van der Waals surface area contributed by atoms with Crippen molar-refractivity contribution in [3.63, 3.8) is 0 Å². The van der Waals surface area contributed by atoms with Gasteiger partial charge < -0.3 is 10.4 Å². The highest BCUT2D eigenvalue weighted by Crippen LogP contribution is 2.11. The predicted molar refractivity (Wildman–Crippen MR) is 66.3 cm³/mol. The van der Waals surface area contributed by atoms with Crippen LogP contribution in [0, 0.1) is 13.8 Å². The predicted octanol–water partition coefficient (Wildman–Crippen LogP) is 0.560. The number of aliphatic carboxylic acids is 1. The third-order valence-corrected chi connectivity index (χ3v) is 2.92. The fourth-order valence-corrected chi connectivity index (χ4v) is 1.82. The topological polar surface area (TPSA) is 84.2 Å². The molecule has 0 fully saturated rings. The van der Waals surface area contributed by atoms with Gasteiger partial charge in [-0.2, -0.15) is 5.10 Å². The van der Waals surface area contributed by atoms with Crippen molar-refractivity contribution in [3.05, 3.63) is 17.0 Å². The highest BCUT2D eigenvalue weighted by atomic mass is 16.4. The highest BCUT2D eigenvalue weighted by molar-refractivity contribution is 5.80. The van der Waals surface area contributed by atoms with E-state index in [4.69, 9.17) is 5.11 Å². The first-order chi connectivity index (χ1) is 8.41. The number of nitrogens with one attached hydrogen (secondary N) is 1. The lowest BCUT2D eigenvalue weighted by Gasteiger charge is -2.05. The smallest absolute Gasteiger partial charge is 0.303 e. The molecule has 1 rings (SSSR count). The van der Waals surface area contributed by atoms with Crippen LogP contribution in [0.2, 0.25) is 0 Å². The normalized spacial score (nSPS) is 10.4. The first kappa shape index (κ1) is 14.2. The van der Waals surface area contributed by atoms with Crippen LogP contribution in [0.3, 0.4) is 0 Å². The lowest BCUT2D eigenvalue weighted by atomic mass is 10.1. The van der Waals surface area contributed by atoms with Crippen LogP contribution in [0.5, 0.6) is 0 Å². The van der Waals surface area contributed by atoms with Gasteiger partial charge in [0.15, 0.2) is 0 Å². The van der Waals surface area contributed by atoms with Crippen molar-refractivity contribution >= 4 is 11.9 Å². The van der Waals surface area contributed by atoms with Gasteiger partial charge in [-0.15, -0.1) is 0 Å². The van der Waals surface area contributed by atoms with Crippen molar-refractivity contribution < 1.29 is 14.7 Å². The van der Waals surface area contributed by atoms with E-state index >= 15 is 0 Å². The number of nitrogens with zero attached hydrogens (tertiary/aromatic N) is 2. The molecule has 6 heteroatoms. The first-order valence-corrected chi connectivity index (χ1v) is 5.89. The Morgan fingerprint density at radius 2 is 2.00 bits per heavy atom. The molecule has 0 atom stereocenters. The molecule has 0 unspecified atom stereocenters. The molecule has 0 aromatic carbocycles. The molecule has 0 saturated heterocycles. The van der Waals surface area contributed by atoms with Crippen LogP contribution < -0.4 is 5.32 Å². The van der Waals surface area contributed by atoms with E-state index in [1.807, 2.05) is 25.6 Å². The molecule has 2 N–H and O–H groups in total. The Morgan fingerprint density at radius 3 is 2.50 bits per heavy atom. The van der Waals surface area contributed by atoms with Crippen LogP contribution in [0.4, 0.5) is 0 Å². The Labute approximate surface area is 106 Å². The summed E-state index contributed by atoms with van der Waals surface area (Å²) in [6.07, 6.45) is 0.613. The van der Waals surface area contributed by atoms with Gasteiger partial charge in [-0.3, -0.25) is 14.3 Å². The summed E-state index contributed by atoms with van der Waals surface area (Å²) in [4.78, 5) is 21.6. The fraction of sp³-hybridized carbons (Fsp3) is 0.583. The summed E-state index contributed by atoms with van der Waals surface area (Å²) in [6, 6.07) is 0. The zero-order valence-electron chi connectivity index (χ0n) is 11.0. The number of carboxylic acids is 1. The van der Waals surface area contributed by atoms with Crippen LogP contribution in [0.25, 0.3) is 0 Å². The first-order valence-electron chi connectivity index (χ1n) is 5.89. The van der Waals surface area contributed by atoms with E-state index in [1.54, 1.807) is 0 Å². The molecule has 1 aromatic heterocycles. The average Bonchev–Trinajstić information content (AvgIpc) is 2.53. The van der Waals surface area contributed by atoms with E-state index in [1.165, 1.54) is 0 Å². The van der Waals surface area contributed by atoms with Gasteiger partial charge in [-0.1, -0.05) is 0 Å². The number of aryl methyl sites for hydroxylation is 2. The second-order valence-electron chi connectivity index (χ2n) is 4.27. The van der Waals surface area contributed by atoms with Gasteiger partial charge in [0, 0.05) is 25.7 Å². The molecule has 1 heterocycles. The standard InChI is InChI=1S/C12H19N3O3/c1-8-10(9(2)15(3)14-8)6-7-13-11(16)4-5-12(17)18/h4-7H2,1-3H3,(H,13,16)(H,17,18). The second kappa shape index (κ2) is 6.18. The monoisotopic (exact) mass is 253 g/mol. The summed E-state index contributed by atoms with van der Waals surface area (Å²) in [6.45, 7) is 4.43. The SMILES string of the molecule is Cc1nn(C)c(C)c1CCNC(=O)CCC(=O)O. The van der Waals surface area contributed by atoms with Crippen LogP contribution in [-0.4, -0.2) is 33.3 Å². The third-order valence-electron chi connectivity index (χ3n) is 2.92. The zero-order valence-corrected chi connectivity index (χ0v) is 11.0. The minimum Gasteiger partial charge on any atom is -0.481 e. The summed E-state index contributed by atoms with van der Waals surface area (Å²) in [5.41, 5.74) is 3.19. The molecule has 0 saturated carbocycles. The molecule has 100 valence electrons. The lowest BCUT2D eigenvalue weighted by Crippen LogP contribution is -2.26. The Hall–Kier alpha value is -1.85. The van der Waals surface area contributed by atoms with Gasteiger partial charge in [0.1, 0.15) is 0 Å². The largest absolute Gasteiger partial charge is 0.481 e. The molecule has 1 aromatic rings. The van der Waals surface area contributed by atoms with E-state index in [9.17, 15) is 9.59 Å². The number of hydrogen-bond donors (Lipinski definition) is 2. The van der Waals surface area contributed by atoms with Gasteiger partial charge in [-0.05, 0) is 25.8 Å². The number of hydrogen-bond acceptors (Lipinski definition) is 3. The van der Waals surface area contributed by atoms with E-state index < -0.39 is 5.97 Å². The Kier molecular flexibility index (Phi) is 4.88. The Balaban J connectivity index is 2.37. The number of carbonyl (C=O) groups excluding carboxylic acids is 1. The van der Waals surface area contributed by atoms with Gasteiger partial charge in [0.05, 0.1) is 12.1 Å². The van der Waals surface area contributed by atoms with E-state index in [2.05, 4.69) is 10.4 Å². The summed E-state index contributed by atoms with van der Waals surface area (Å²) in [5, 5.41) is 15.5. The maximum atomic E-state index is 11.3. The molecule has 6 nitrogen and oxygen atoms in total. The van der Waals surface area contributed by atoms with Gasteiger partial charge in [-0.25, -0.2) is 0 Å². The molecule has 18 heavy (non-hydrogen) atoms. The van der Waals surface area contributed by atoms with Crippen LogP contribution in [0.15, 0.2) is 0 Å². The van der Waals surface area contributed by atoms with Crippen molar-refractivity contribution in [1.29, 1.82) is 0 Å². The number of aromatic nitrogens is 2. The summed E-state index contributed by atoms with van der Waals surface area (Å²) < 4.78 is 1.82. The molecule has 0 aliphatic carbocycles. The molecule has 0 radical (unpaired) electrons. The van der Waals surface area contributed by atoms with E-state index in [-0.39, 0.29) is 18.7 Å². The molecule has 0 aliphatic rings. The van der Waals surface area contributed by atoms with E-state index in [0.717, 1.165) is 17.0 Å². The minimum absolute atomic E-state index is 0.0281. The molecule has 0 bridgehead atoms. The molecule has 0 aliphatic heterocycles. The van der Waals surface area contributed by atoms with Gasteiger partial charge in [0.2, 0.25) is 5.91 Å². The van der Waals surface area contributed by atoms with Crippen LogP contribution in [-0.2, 0) is 23.1 Å².